The number of rotatable bonds is 0. The molecule has 0 heterocycles. The molecule has 0 aliphatic rings. The second-order valence-corrected chi connectivity index (χ2v) is 0.283. The van der Waals surface area contributed by atoms with Crippen LogP contribution in [0.4, 0.5) is 4.79 Å². The molecule has 4 heteroatoms. The van der Waals surface area contributed by atoms with E-state index in [4.69, 9.17) is 15.0 Å². The molecule has 0 rings (SSSR count). The maximum atomic E-state index is 8.56. The Hall–Kier alpha value is -0.380. The van der Waals surface area contributed by atoms with Crippen molar-refractivity contribution in [1.82, 2.24) is 0 Å². The van der Waals surface area contributed by atoms with Crippen LogP contribution in [0.5, 0.6) is 0 Å². The van der Waals surface area contributed by atoms with Crippen molar-refractivity contribution in [3.63, 3.8) is 0 Å². The van der Waals surface area contributed by atoms with Crippen molar-refractivity contribution in [2.24, 2.45) is 0 Å². The minimum Gasteiger partial charge on any atom is -0.450 e. The van der Waals surface area contributed by atoms with E-state index in [0.717, 1.165) is 0 Å². The van der Waals surface area contributed by atoms with Gasteiger partial charge < -0.3 is 10.2 Å². The Morgan fingerprint density at radius 1 is 1.40 bits per heavy atom. The van der Waals surface area contributed by atoms with E-state index in [-0.39, 0.29) is 13.5 Å². The number of hydrogen-bond donors (Lipinski definition) is 2. The zero-order chi connectivity index (χ0) is 3.58. The predicted octanol–water partition coefficient (Wildman–Crippen LogP) is 0.871. The van der Waals surface area contributed by atoms with Gasteiger partial charge in [0.15, 0.2) is 0 Å². The summed E-state index contributed by atoms with van der Waals surface area (Å²) in [5, 5.41) is 13.9. The van der Waals surface area contributed by atoms with E-state index in [1.165, 1.54) is 0 Å². The number of carboxylic acid groups (broad SMARTS) is 2. The fraction of sp³-hybridized carbons (Fsp3) is 0. The van der Waals surface area contributed by atoms with E-state index in [0.29, 0.717) is 0 Å². The Morgan fingerprint density at radius 3 is 1.40 bits per heavy atom. The Bertz CT molecular complexity index is 29.9. The van der Waals surface area contributed by atoms with Gasteiger partial charge in [0.25, 0.3) is 0 Å². The van der Waals surface area contributed by atoms with Crippen LogP contribution in [0.25, 0.3) is 0 Å². The molecule has 30 valence electrons. The van der Waals surface area contributed by atoms with Crippen LogP contribution >= 0.6 is 13.5 Å². The first kappa shape index (κ1) is 8.82. The maximum absolute atomic E-state index is 8.56. The van der Waals surface area contributed by atoms with E-state index < -0.39 is 6.16 Å². The molecule has 2 radical (unpaired) electrons. The van der Waals surface area contributed by atoms with Crippen molar-refractivity contribution in [3.8, 4) is 0 Å². The molecular formula is CH2O3S. The summed E-state index contributed by atoms with van der Waals surface area (Å²) in [5.41, 5.74) is 0. The summed E-state index contributed by atoms with van der Waals surface area (Å²) >= 11 is 0. The molecule has 0 amide bonds. The van der Waals surface area contributed by atoms with Crippen LogP contribution in [-0.4, -0.2) is 16.4 Å². The number of hydrogen-bond acceptors (Lipinski definition) is 1. The first-order chi connectivity index (χ1) is 1.73. The van der Waals surface area contributed by atoms with Gasteiger partial charge >= 0.3 is 6.16 Å². The van der Waals surface area contributed by atoms with Gasteiger partial charge in [0.2, 0.25) is 0 Å². The highest BCUT2D eigenvalue weighted by Crippen LogP contribution is 1.42. The second-order valence-electron chi connectivity index (χ2n) is 0.283. The van der Waals surface area contributed by atoms with Gasteiger partial charge in [0.1, 0.15) is 0 Å². The quantitative estimate of drug-likeness (QED) is 0.468. The second kappa shape index (κ2) is 3.62. The zero-order valence-electron chi connectivity index (χ0n) is 2.21. The lowest BCUT2D eigenvalue weighted by molar-refractivity contribution is 0.137. The predicted molar refractivity (Wildman–Crippen MR) is 18.2 cm³/mol. The molecule has 0 aromatic carbocycles. The summed E-state index contributed by atoms with van der Waals surface area (Å²) in [5.74, 6) is 0. The number of carbonyl (C=O) groups is 1. The fourth-order valence-corrected chi connectivity index (χ4v) is 0. The van der Waals surface area contributed by atoms with Crippen LogP contribution in [-0.2, 0) is 0 Å². The first-order valence-electron chi connectivity index (χ1n) is 0.651. The van der Waals surface area contributed by atoms with Crippen LogP contribution in [0.1, 0.15) is 0 Å². The average Bonchev–Trinajstić information content (AvgIpc) is 0.811. The standard InChI is InChI=1S/CH2O3.S/c2-1(3)4;/h(H2,2,3,4);. The van der Waals surface area contributed by atoms with E-state index in [9.17, 15) is 0 Å². The monoisotopic (exact) mass is 94.0 g/mol. The van der Waals surface area contributed by atoms with Gasteiger partial charge in [-0.1, -0.05) is 0 Å². The third-order valence-electron chi connectivity index (χ3n) is 0. The molecular weight excluding hydrogens is 92.1 g/mol. The zero-order valence-corrected chi connectivity index (χ0v) is 3.03. The molecule has 3 nitrogen and oxygen atoms in total. The molecule has 0 unspecified atom stereocenters. The Labute approximate surface area is 35.7 Å². The molecule has 0 aliphatic heterocycles. The summed E-state index contributed by atoms with van der Waals surface area (Å²) in [7, 11) is 0. The van der Waals surface area contributed by atoms with Crippen molar-refractivity contribution >= 4 is 19.7 Å². The van der Waals surface area contributed by atoms with Crippen molar-refractivity contribution in [2.45, 2.75) is 0 Å². The van der Waals surface area contributed by atoms with Crippen molar-refractivity contribution in [1.29, 1.82) is 0 Å². The van der Waals surface area contributed by atoms with E-state index in [2.05, 4.69) is 0 Å². The minimum atomic E-state index is -1.83. The van der Waals surface area contributed by atoms with Gasteiger partial charge in [-0.05, 0) is 0 Å². The Kier molecular flexibility index (Phi) is 6.39. The molecule has 2 N–H and O–H groups in total. The average molecular weight is 94.1 g/mol. The highest BCUT2D eigenvalue weighted by atomic mass is 32.1. The highest BCUT2D eigenvalue weighted by Gasteiger charge is 1.70. The van der Waals surface area contributed by atoms with Crippen molar-refractivity contribution in [3.05, 3.63) is 0 Å². The van der Waals surface area contributed by atoms with Gasteiger partial charge in [-0.2, -0.15) is 0 Å². The van der Waals surface area contributed by atoms with E-state index in [1.54, 1.807) is 0 Å². The molecule has 0 aromatic heterocycles. The molecule has 0 atom stereocenters. The summed E-state index contributed by atoms with van der Waals surface area (Å²) in [6.07, 6.45) is -1.83. The van der Waals surface area contributed by atoms with E-state index in [1.807, 2.05) is 0 Å². The molecule has 0 aromatic rings. The van der Waals surface area contributed by atoms with Gasteiger partial charge in [-0.3, -0.25) is 0 Å². The molecule has 0 saturated heterocycles. The van der Waals surface area contributed by atoms with Crippen molar-refractivity contribution in [2.75, 3.05) is 0 Å². The first-order valence-corrected chi connectivity index (χ1v) is 0.651. The van der Waals surface area contributed by atoms with Crippen LogP contribution in [0.3, 0.4) is 0 Å². The maximum Gasteiger partial charge on any atom is 0.503 e. The highest BCUT2D eigenvalue weighted by molar-refractivity contribution is 7.59. The smallest absolute Gasteiger partial charge is 0.450 e. The molecule has 0 bridgehead atoms. The summed E-state index contributed by atoms with van der Waals surface area (Å²) < 4.78 is 0. The lowest BCUT2D eigenvalue weighted by atomic mass is 11.5. The normalized spacial score (nSPS) is 4.80. The lowest BCUT2D eigenvalue weighted by Gasteiger charge is -1.60. The molecule has 0 saturated carbocycles. The van der Waals surface area contributed by atoms with Gasteiger partial charge in [0, 0.05) is 13.5 Å². The van der Waals surface area contributed by atoms with E-state index >= 15 is 0 Å². The third-order valence-corrected chi connectivity index (χ3v) is 0. The van der Waals surface area contributed by atoms with Crippen molar-refractivity contribution < 1.29 is 15.0 Å². The van der Waals surface area contributed by atoms with Gasteiger partial charge in [0.05, 0.1) is 0 Å². The third kappa shape index (κ3) is 65.8. The van der Waals surface area contributed by atoms with Gasteiger partial charge in [-0.15, -0.1) is 0 Å². The minimum absolute atomic E-state index is 0. The Morgan fingerprint density at radius 2 is 1.40 bits per heavy atom. The lowest BCUT2D eigenvalue weighted by Crippen LogP contribution is -1.81. The SMILES string of the molecule is O=C(O)O.[S]. The fourth-order valence-electron chi connectivity index (χ4n) is 0. The van der Waals surface area contributed by atoms with Gasteiger partial charge in [-0.25, -0.2) is 4.79 Å². The molecule has 5 heavy (non-hydrogen) atoms. The van der Waals surface area contributed by atoms with Crippen LogP contribution < -0.4 is 0 Å². The topological polar surface area (TPSA) is 57.5 Å². The van der Waals surface area contributed by atoms with Crippen LogP contribution in [0.15, 0.2) is 0 Å². The Balaban J connectivity index is 0. The molecule has 0 spiro atoms. The summed E-state index contributed by atoms with van der Waals surface area (Å²) in [6.45, 7) is 0. The van der Waals surface area contributed by atoms with Crippen LogP contribution in [0.2, 0.25) is 0 Å². The molecule has 0 fully saturated rings. The van der Waals surface area contributed by atoms with Crippen LogP contribution in [0, 0.1) is 0 Å². The summed E-state index contributed by atoms with van der Waals surface area (Å²) in [6, 6.07) is 0. The largest absolute Gasteiger partial charge is 0.503 e. The summed E-state index contributed by atoms with van der Waals surface area (Å²) in [4.78, 5) is 8.56. The molecule has 0 aliphatic carbocycles.